The van der Waals surface area contributed by atoms with Gasteiger partial charge in [-0.15, -0.1) is 11.8 Å². The smallest absolute Gasteiger partial charge is 0.356 e. The van der Waals surface area contributed by atoms with Gasteiger partial charge in [-0.25, -0.2) is 4.79 Å². The molecule has 1 heterocycles. The van der Waals surface area contributed by atoms with Gasteiger partial charge in [0.1, 0.15) is 5.52 Å². The van der Waals surface area contributed by atoms with E-state index in [-0.39, 0.29) is 18.3 Å². The molecule has 1 atom stereocenters. The van der Waals surface area contributed by atoms with E-state index in [0.29, 0.717) is 40.6 Å². The number of H-pyrrole nitrogens is 1. The summed E-state index contributed by atoms with van der Waals surface area (Å²) in [6.45, 7) is 6.75. The average molecular weight is 427 g/mol. The Morgan fingerprint density at radius 3 is 2.79 bits per heavy atom. The van der Waals surface area contributed by atoms with Crippen molar-refractivity contribution in [2.24, 2.45) is 5.92 Å². The molecule has 2 aromatic rings. The standard InChI is InChI=1S/C20H27ClN2O4S/c1-4-6-7-13(3)12-27-16(24)10-11-28-15-9-8-14-18(17(15)21)22-23-19(14)20(25)26-5-2/h8-9,13H,4-7,10-12H2,1-3H3,(H,22,23). The molecule has 1 unspecified atom stereocenters. The predicted molar refractivity (Wildman–Crippen MR) is 112 cm³/mol. The topological polar surface area (TPSA) is 81.3 Å². The first kappa shape index (κ1) is 22.6. The number of hydrogen-bond donors (Lipinski definition) is 1. The van der Waals surface area contributed by atoms with Crippen LogP contribution in [0.2, 0.25) is 5.02 Å². The molecule has 0 aliphatic carbocycles. The summed E-state index contributed by atoms with van der Waals surface area (Å²) in [5, 5.41) is 7.90. The fourth-order valence-corrected chi connectivity index (χ4v) is 3.93. The molecular formula is C20H27ClN2O4S. The van der Waals surface area contributed by atoms with Crippen molar-refractivity contribution in [3.05, 3.63) is 22.8 Å². The number of aromatic amines is 1. The van der Waals surface area contributed by atoms with Crippen molar-refractivity contribution in [3.8, 4) is 0 Å². The Morgan fingerprint density at radius 2 is 2.07 bits per heavy atom. The van der Waals surface area contributed by atoms with Crippen molar-refractivity contribution < 1.29 is 19.1 Å². The number of aromatic nitrogens is 2. The average Bonchev–Trinajstić information content (AvgIpc) is 3.11. The summed E-state index contributed by atoms with van der Waals surface area (Å²) >= 11 is 7.89. The van der Waals surface area contributed by atoms with Crippen LogP contribution in [0.4, 0.5) is 0 Å². The second-order valence-corrected chi connectivity index (χ2v) is 8.14. The minimum Gasteiger partial charge on any atom is -0.465 e. The van der Waals surface area contributed by atoms with Gasteiger partial charge >= 0.3 is 11.9 Å². The van der Waals surface area contributed by atoms with Crippen LogP contribution in [-0.4, -0.2) is 41.1 Å². The number of ether oxygens (including phenoxy) is 2. The summed E-state index contributed by atoms with van der Waals surface area (Å²) in [6, 6.07) is 3.61. The number of hydrogen-bond acceptors (Lipinski definition) is 6. The second-order valence-electron chi connectivity index (χ2n) is 6.62. The number of thioether (sulfide) groups is 1. The lowest BCUT2D eigenvalue weighted by Gasteiger charge is -2.11. The molecule has 0 saturated carbocycles. The first-order valence-corrected chi connectivity index (χ1v) is 11.0. The van der Waals surface area contributed by atoms with Crippen molar-refractivity contribution >= 4 is 46.2 Å². The molecule has 1 aromatic heterocycles. The molecule has 0 amide bonds. The van der Waals surface area contributed by atoms with Gasteiger partial charge in [-0.1, -0.05) is 38.3 Å². The number of halogens is 1. The molecule has 0 fully saturated rings. The number of rotatable bonds is 11. The van der Waals surface area contributed by atoms with Crippen molar-refractivity contribution in [3.63, 3.8) is 0 Å². The maximum absolute atomic E-state index is 11.9. The molecule has 1 N–H and O–H groups in total. The lowest BCUT2D eigenvalue weighted by molar-refractivity contribution is -0.144. The SMILES string of the molecule is CCCCC(C)COC(=O)CCSc1ccc2c(C(=O)OCC)[nH]nc2c1Cl. The first-order valence-electron chi connectivity index (χ1n) is 9.60. The van der Waals surface area contributed by atoms with E-state index in [1.165, 1.54) is 11.8 Å². The molecular weight excluding hydrogens is 400 g/mol. The van der Waals surface area contributed by atoms with E-state index in [2.05, 4.69) is 24.0 Å². The van der Waals surface area contributed by atoms with Crippen LogP contribution in [0.3, 0.4) is 0 Å². The first-order chi connectivity index (χ1) is 13.5. The molecule has 154 valence electrons. The lowest BCUT2D eigenvalue weighted by Crippen LogP contribution is -2.12. The van der Waals surface area contributed by atoms with Gasteiger partial charge in [0.2, 0.25) is 0 Å². The summed E-state index contributed by atoms with van der Waals surface area (Å²) in [5.74, 6) is 0.291. The zero-order chi connectivity index (χ0) is 20.5. The molecule has 0 spiro atoms. The number of carbonyl (C=O) groups excluding carboxylic acids is 2. The van der Waals surface area contributed by atoms with E-state index < -0.39 is 5.97 Å². The minimum atomic E-state index is -0.461. The van der Waals surface area contributed by atoms with Crippen molar-refractivity contribution in [2.45, 2.75) is 51.3 Å². The number of benzene rings is 1. The van der Waals surface area contributed by atoms with Gasteiger partial charge in [-0.05, 0) is 31.4 Å². The number of unbranched alkanes of at least 4 members (excludes halogenated alkanes) is 1. The van der Waals surface area contributed by atoms with Gasteiger partial charge in [0.25, 0.3) is 0 Å². The molecule has 0 radical (unpaired) electrons. The van der Waals surface area contributed by atoms with Gasteiger partial charge in [0, 0.05) is 16.0 Å². The molecule has 28 heavy (non-hydrogen) atoms. The number of esters is 2. The van der Waals surface area contributed by atoms with Crippen molar-refractivity contribution in [1.82, 2.24) is 10.2 Å². The van der Waals surface area contributed by atoms with Crippen LogP contribution >= 0.6 is 23.4 Å². The van der Waals surface area contributed by atoms with Crippen LogP contribution in [0.5, 0.6) is 0 Å². The maximum atomic E-state index is 11.9. The Labute approximate surface area is 174 Å². The zero-order valence-electron chi connectivity index (χ0n) is 16.5. The van der Waals surface area contributed by atoms with Crippen molar-refractivity contribution in [1.29, 1.82) is 0 Å². The van der Waals surface area contributed by atoms with Gasteiger partial charge in [-0.3, -0.25) is 9.89 Å². The summed E-state index contributed by atoms with van der Waals surface area (Å²) in [7, 11) is 0. The van der Waals surface area contributed by atoms with Crippen molar-refractivity contribution in [2.75, 3.05) is 19.0 Å². The quantitative estimate of drug-likeness (QED) is 0.390. The number of carbonyl (C=O) groups is 2. The Morgan fingerprint density at radius 1 is 1.29 bits per heavy atom. The van der Waals surface area contributed by atoms with Crippen LogP contribution in [0.1, 0.15) is 56.9 Å². The molecule has 2 rings (SSSR count). The van der Waals surface area contributed by atoms with Crippen LogP contribution in [0.15, 0.2) is 17.0 Å². The van der Waals surface area contributed by atoms with E-state index in [1.54, 1.807) is 13.0 Å². The lowest BCUT2D eigenvalue weighted by atomic mass is 10.1. The van der Waals surface area contributed by atoms with Gasteiger partial charge in [0.15, 0.2) is 5.69 Å². The monoisotopic (exact) mass is 426 g/mol. The molecule has 0 aliphatic heterocycles. The molecule has 0 saturated heterocycles. The van der Waals surface area contributed by atoms with E-state index in [9.17, 15) is 9.59 Å². The van der Waals surface area contributed by atoms with Crippen LogP contribution in [-0.2, 0) is 14.3 Å². The summed E-state index contributed by atoms with van der Waals surface area (Å²) in [4.78, 5) is 24.7. The molecule has 6 nitrogen and oxygen atoms in total. The summed E-state index contributed by atoms with van der Waals surface area (Å²) in [6.07, 6.45) is 3.69. The largest absolute Gasteiger partial charge is 0.465 e. The summed E-state index contributed by atoms with van der Waals surface area (Å²) in [5.41, 5.74) is 0.804. The van der Waals surface area contributed by atoms with Gasteiger partial charge in [-0.2, -0.15) is 5.10 Å². The highest BCUT2D eigenvalue weighted by Gasteiger charge is 2.18. The molecule has 1 aromatic carbocycles. The Hall–Kier alpha value is -1.73. The Kier molecular flexibility index (Phi) is 9.12. The van der Waals surface area contributed by atoms with Gasteiger partial charge < -0.3 is 9.47 Å². The molecule has 0 bridgehead atoms. The fourth-order valence-electron chi connectivity index (χ4n) is 2.69. The van der Waals surface area contributed by atoms with E-state index >= 15 is 0 Å². The normalized spacial score (nSPS) is 12.1. The highest BCUT2D eigenvalue weighted by Crippen LogP contribution is 2.34. The minimum absolute atomic E-state index is 0.197. The van der Waals surface area contributed by atoms with Crippen LogP contribution in [0, 0.1) is 5.92 Å². The number of nitrogens with zero attached hydrogens (tertiary/aromatic N) is 1. The summed E-state index contributed by atoms with van der Waals surface area (Å²) < 4.78 is 10.3. The van der Waals surface area contributed by atoms with Crippen LogP contribution < -0.4 is 0 Å². The third kappa shape index (κ3) is 6.14. The number of nitrogens with one attached hydrogen (secondary N) is 1. The Balaban J connectivity index is 1.88. The molecule has 0 aliphatic rings. The maximum Gasteiger partial charge on any atom is 0.356 e. The highest BCUT2D eigenvalue weighted by atomic mass is 35.5. The Bertz CT molecular complexity index is 809. The van der Waals surface area contributed by atoms with E-state index in [4.69, 9.17) is 21.1 Å². The highest BCUT2D eigenvalue weighted by molar-refractivity contribution is 7.99. The van der Waals surface area contributed by atoms with E-state index in [1.807, 2.05) is 6.07 Å². The second kappa shape index (κ2) is 11.3. The number of fused-ring (bicyclic) bond motifs is 1. The third-order valence-corrected chi connectivity index (χ3v) is 5.81. The molecule has 8 heteroatoms. The predicted octanol–water partition coefficient (Wildman–Crippen LogP) is 5.24. The zero-order valence-corrected chi connectivity index (χ0v) is 18.1. The van der Waals surface area contributed by atoms with Crippen LogP contribution in [0.25, 0.3) is 10.9 Å². The third-order valence-electron chi connectivity index (χ3n) is 4.25. The van der Waals surface area contributed by atoms with Gasteiger partial charge in [0.05, 0.1) is 24.7 Å². The fraction of sp³-hybridized carbons (Fsp3) is 0.550. The van der Waals surface area contributed by atoms with E-state index in [0.717, 1.165) is 24.2 Å².